The molecular weight excluding hydrogens is 601 g/mol. The van der Waals surface area contributed by atoms with Crippen LogP contribution in [0.5, 0.6) is 0 Å². The average Bonchev–Trinajstić information content (AvgIpc) is 3.74. The lowest BCUT2D eigenvalue weighted by Crippen LogP contribution is -2.10. The number of fused-ring (bicyclic) bond motifs is 8. The number of rotatable bonds is 5. The van der Waals surface area contributed by atoms with E-state index in [-0.39, 0.29) is 0 Å². The maximum atomic E-state index is 6.19. The van der Waals surface area contributed by atoms with Crippen LogP contribution in [0, 0.1) is 0 Å². The largest absolute Gasteiger partial charge is 0.456 e. The fourth-order valence-corrected chi connectivity index (χ4v) is 7.18. The van der Waals surface area contributed by atoms with Crippen molar-refractivity contribution in [1.29, 1.82) is 0 Å². The van der Waals surface area contributed by atoms with Crippen LogP contribution in [0.1, 0.15) is 0 Å². The van der Waals surface area contributed by atoms with Crippen molar-refractivity contribution in [1.82, 2.24) is 4.98 Å². The summed E-state index contributed by atoms with van der Waals surface area (Å²) in [5.41, 5.74) is 11.3. The Hall–Kier alpha value is -6.65. The second kappa shape index (κ2) is 11.0. The van der Waals surface area contributed by atoms with Gasteiger partial charge in [-0.15, -0.1) is 0 Å². The Bertz CT molecular complexity index is 2830. The topological polar surface area (TPSA) is 42.4 Å². The molecule has 0 fully saturated rings. The number of para-hydroxylation sites is 1. The summed E-state index contributed by atoms with van der Waals surface area (Å²) in [6, 6.07) is 55.6. The van der Waals surface area contributed by atoms with E-state index >= 15 is 0 Å². The summed E-state index contributed by atoms with van der Waals surface area (Å²) in [7, 11) is 0. The minimum absolute atomic E-state index is 0.852. The highest BCUT2D eigenvalue weighted by atomic mass is 16.3. The van der Waals surface area contributed by atoms with E-state index < -0.39 is 0 Å². The van der Waals surface area contributed by atoms with Gasteiger partial charge in [0, 0.05) is 51.0 Å². The number of hydrogen-bond donors (Lipinski definition) is 0. The molecule has 0 radical (unpaired) electrons. The molecule has 0 aliphatic heterocycles. The fraction of sp³-hybridized carbons (Fsp3) is 0. The van der Waals surface area contributed by atoms with Crippen LogP contribution >= 0.6 is 0 Å². The Labute approximate surface area is 282 Å². The number of hydrogen-bond acceptors (Lipinski definition) is 4. The predicted molar refractivity (Wildman–Crippen MR) is 202 cm³/mol. The molecule has 230 valence electrons. The molecule has 0 bridgehead atoms. The standard InChI is InChI=1S/C45H28N2O2/c1-2-7-29(8-3-1)32-9-6-10-35(25-32)47(36-20-22-42-39(27-36)37-11-4-5-12-41(37)48-42)34-18-15-30(16-19-34)33-14-13-31-17-21-44-45(38(31)26-33)40-28-46-24-23-43(40)49-44/h1-28H. The van der Waals surface area contributed by atoms with Gasteiger partial charge in [-0.05, 0) is 99.8 Å². The second-order valence-corrected chi connectivity index (χ2v) is 12.4. The van der Waals surface area contributed by atoms with Gasteiger partial charge in [0.1, 0.15) is 22.3 Å². The number of anilines is 3. The summed E-state index contributed by atoms with van der Waals surface area (Å²) in [6.45, 7) is 0. The zero-order valence-corrected chi connectivity index (χ0v) is 26.4. The van der Waals surface area contributed by atoms with E-state index in [1.165, 1.54) is 16.5 Å². The molecule has 49 heavy (non-hydrogen) atoms. The molecule has 7 aromatic carbocycles. The van der Waals surface area contributed by atoms with E-state index in [1.54, 1.807) is 6.20 Å². The third-order valence-corrected chi connectivity index (χ3v) is 9.54. The van der Waals surface area contributed by atoms with Gasteiger partial charge in [-0.25, -0.2) is 0 Å². The second-order valence-electron chi connectivity index (χ2n) is 12.4. The smallest absolute Gasteiger partial charge is 0.138 e. The quantitative estimate of drug-likeness (QED) is 0.190. The summed E-state index contributed by atoms with van der Waals surface area (Å²) < 4.78 is 12.4. The molecule has 10 rings (SSSR count). The highest BCUT2D eigenvalue weighted by Gasteiger charge is 2.17. The van der Waals surface area contributed by atoms with Gasteiger partial charge < -0.3 is 13.7 Å². The van der Waals surface area contributed by atoms with E-state index in [1.807, 2.05) is 24.4 Å². The maximum absolute atomic E-state index is 6.19. The molecule has 0 aliphatic rings. The minimum Gasteiger partial charge on any atom is -0.456 e. The van der Waals surface area contributed by atoms with Gasteiger partial charge in [0.15, 0.2) is 0 Å². The lowest BCUT2D eigenvalue weighted by molar-refractivity contribution is 0.668. The van der Waals surface area contributed by atoms with Crippen molar-refractivity contribution in [2.24, 2.45) is 0 Å². The zero-order chi connectivity index (χ0) is 32.3. The van der Waals surface area contributed by atoms with Crippen molar-refractivity contribution in [2.45, 2.75) is 0 Å². The number of benzene rings is 7. The number of pyridine rings is 1. The molecule has 0 unspecified atom stereocenters. The summed E-state index contributed by atoms with van der Waals surface area (Å²) in [6.07, 6.45) is 3.67. The molecule has 0 amide bonds. The molecule has 0 aliphatic carbocycles. The lowest BCUT2D eigenvalue weighted by atomic mass is 9.98. The van der Waals surface area contributed by atoms with E-state index in [9.17, 15) is 0 Å². The monoisotopic (exact) mass is 628 g/mol. The first-order valence-corrected chi connectivity index (χ1v) is 16.4. The molecule has 10 aromatic rings. The van der Waals surface area contributed by atoms with E-state index in [0.29, 0.717) is 0 Å². The summed E-state index contributed by atoms with van der Waals surface area (Å²) in [5, 5.41) is 6.67. The molecule has 4 nitrogen and oxygen atoms in total. The van der Waals surface area contributed by atoms with Crippen LogP contribution in [0.15, 0.2) is 179 Å². The molecule has 4 heteroatoms. The van der Waals surface area contributed by atoms with Gasteiger partial charge >= 0.3 is 0 Å². The van der Waals surface area contributed by atoms with Crippen LogP contribution in [0.2, 0.25) is 0 Å². The van der Waals surface area contributed by atoms with Crippen LogP contribution in [0.3, 0.4) is 0 Å². The van der Waals surface area contributed by atoms with Gasteiger partial charge in [0.25, 0.3) is 0 Å². The van der Waals surface area contributed by atoms with E-state index in [2.05, 4.69) is 149 Å². The van der Waals surface area contributed by atoms with Crippen LogP contribution in [0.4, 0.5) is 17.1 Å². The van der Waals surface area contributed by atoms with Gasteiger partial charge in [-0.1, -0.05) is 91.0 Å². The number of furan rings is 2. The fourth-order valence-electron chi connectivity index (χ4n) is 7.18. The Morgan fingerprint density at radius 2 is 1.04 bits per heavy atom. The average molecular weight is 629 g/mol. The molecular formula is C45H28N2O2. The SMILES string of the molecule is c1ccc(-c2cccc(N(c3ccc(-c4ccc5ccc6oc7ccncc7c6c5c4)cc3)c3ccc4oc5ccccc5c4c3)c2)cc1. The number of aromatic nitrogens is 1. The molecule has 0 saturated heterocycles. The molecule has 0 saturated carbocycles. The van der Waals surface area contributed by atoms with Gasteiger partial charge in [-0.3, -0.25) is 4.98 Å². The maximum Gasteiger partial charge on any atom is 0.138 e. The lowest BCUT2D eigenvalue weighted by Gasteiger charge is -2.26. The minimum atomic E-state index is 0.852. The van der Waals surface area contributed by atoms with E-state index in [0.717, 1.165) is 77.5 Å². The van der Waals surface area contributed by atoms with Crippen molar-refractivity contribution < 1.29 is 8.83 Å². The van der Waals surface area contributed by atoms with Gasteiger partial charge in [0.2, 0.25) is 0 Å². The van der Waals surface area contributed by atoms with Gasteiger partial charge in [0.05, 0.1) is 0 Å². The van der Waals surface area contributed by atoms with Crippen molar-refractivity contribution >= 4 is 71.7 Å². The van der Waals surface area contributed by atoms with Gasteiger partial charge in [-0.2, -0.15) is 0 Å². The zero-order valence-electron chi connectivity index (χ0n) is 26.4. The highest BCUT2D eigenvalue weighted by molar-refractivity contribution is 6.19. The molecule has 3 aromatic heterocycles. The van der Waals surface area contributed by atoms with E-state index in [4.69, 9.17) is 8.83 Å². The Morgan fingerprint density at radius 1 is 0.388 bits per heavy atom. The summed E-state index contributed by atoms with van der Waals surface area (Å²) in [4.78, 5) is 6.71. The summed E-state index contributed by atoms with van der Waals surface area (Å²) >= 11 is 0. The molecule has 3 heterocycles. The Kier molecular flexibility index (Phi) is 6.15. The summed E-state index contributed by atoms with van der Waals surface area (Å²) in [5.74, 6) is 0. The van der Waals surface area contributed by atoms with Crippen LogP contribution in [0.25, 0.3) is 76.9 Å². The highest BCUT2D eigenvalue weighted by Crippen LogP contribution is 2.41. The molecule has 0 spiro atoms. The van der Waals surface area contributed by atoms with Crippen molar-refractivity contribution in [3.8, 4) is 22.3 Å². The number of nitrogens with zero attached hydrogens (tertiary/aromatic N) is 2. The van der Waals surface area contributed by atoms with Crippen LogP contribution in [-0.2, 0) is 0 Å². The first kappa shape index (κ1) is 27.5. The Morgan fingerprint density at radius 3 is 1.96 bits per heavy atom. The first-order valence-electron chi connectivity index (χ1n) is 16.4. The normalized spacial score (nSPS) is 11.7. The van der Waals surface area contributed by atoms with Crippen LogP contribution < -0.4 is 4.90 Å². The van der Waals surface area contributed by atoms with Crippen molar-refractivity contribution in [3.05, 3.63) is 170 Å². The van der Waals surface area contributed by atoms with Crippen molar-refractivity contribution in [3.63, 3.8) is 0 Å². The third-order valence-electron chi connectivity index (χ3n) is 9.54. The van der Waals surface area contributed by atoms with Crippen LogP contribution in [-0.4, -0.2) is 4.98 Å². The molecule has 0 atom stereocenters. The third kappa shape index (κ3) is 4.57. The molecule has 0 N–H and O–H groups in total. The Balaban J connectivity index is 1.11. The predicted octanol–water partition coefficient (Wildman–Crippen LogP) is 12.8. The van der Waals surface area contributed by atoms with Crippen molar-refractivity contribution in [2.75, 3.05) is 4.90 Å². The first-order chi connectivity index (χ1) is 24.3.